The summed E-state index contributed by atoms with van der Waals surface area (Å²) in [5, 5.41) is 6.21. The minimum absolute atomic E-state index is 0.104. The SMILES string of the molecule is COc1ccc(-c2cn(C(=O)c3cccs3)nc2C)cc1. The van der Waals surface area contributed by atoms with Crippen LogP contribution in [0.2, 0.25) is 0 Å². The first-order valence-corrected chi connectivity index (χ1v) is 7.36. The van der Waals surface area contributed by atoms with E-state index in [0.717, 1.165) is 22.6 Å². The summed E-state index contributed by atoms with van der Waals surface area (Å²) in [5.74, 6) is 0.700. The molecule has 0 bridgehead atoms. The van der Waals surface area contributed by atoms with Gasteiger partial charge in [0.25, 0.3) is 5.91 Å². The summed E-state index contributed by atoms with van der Waals surface area (Å²) >= 11 is 1.41. The second-order valence-corrected chi connectivity index (χ2v) is 5.53. The van der Waals surface area contributed by atoms with Gasteiger partial charge in [0, 0.05) is 11.8 Å². The van der Waals surface area contributed by atoms with Crippen LogP contribution < -0.4 is 4.74 Å². The second-order valence-electron chi connectivity index (χ2n) is 4.58. The van der Waals surface area contributed by atoms with E-state index in [-0.39, 0.29) is 5.91 Å². The van der Waals surface area contributed by atoms with Gasteiger partial charge < -0.3 is 4.74 Å². The van der Waals surface area contributed by atoms with Crippen LogP contribution in [0, 0.1) is 6.92 Å². The van der Waals surface area contributed by atoms with Crippen molar-refractivity contribution >= 4 is 17.2 Å². The zero-order chi connectivity index (χ0) is 14.8. The lowest BCUT2D eigenvalue weighted by Gasteiger charge is -2.01. The molecule has 5 heteroatoms. The van der Waals surface area contributed by atoms with Gasteiger partial charge in [-0.3, -0.25) is 4.79 Å². The van der Waals surface area contributed by atoms with Crippen molar-refractivity contribution in [3.8, 4) is 16.9 Å². The Balaban J connectivity index is 1.95. The lowest BCUT2D eigenvalue weighted by molar-refractivity contribution is 0.0949. The third-order valence-corrected chi connectivity index (χ3v) is 4.10. The predicted octanol–water partition coefficient (Wildman–Crippen LogP) is 3.62. The Labute approximate surface area is 126 Å². The van der Waals surface area contributed by atoms with E-state index in [1.54, 1.807) is 19.4 Å². The Hall–Kier alpha value is -2.40. The molecule has 0 radical (unpaired) electrons. The number of methoxy groups -OCH3 is 1. The largest absolute Gasteiger partial charge is 0.497 e. The van der Waals surface area contributed by atoms with Crippen molar-refractivity contribution in [3.63, 3.8) is 0 Å². The van der Waals surface area contributed by atoms with E-state index in [1.807, 2.05) is 42.6 Å². The van der Waals surface area contributed by atoms with E-state index in [0.29, 0.717) is 4.88 Å². The van der Waals surface area contributed by atoms with Gasteiger partial charge in [-0.25, -0.2) is 4.68 Å². The highest BCUT2D eigenvalue weighted by Crippen LogP contribution is 2.25. The summed E-state index contributed by atoms with van der Waals surface area (Å²) in [6, 6.07) is 11.4. The molecule has 0 spiro atoms. The van der Waals surface area contributed by atoms with Crippen molar-refractivity contribution in [1.29, 1.82) is 0 Å². The summed E-state index contributed by atoms with van der Waals surface area (Å²) in [4.78, 5) is 13.0. The Kier molecular flexibility index (Phi) is 3.58. The van der Waals surface area contributed by atoms with Gasteiger partial charge in [0.05, 0.1) is 17.7 Å². The first-order chi connectivity index (χ1) is 10.2. The predicted molar refractivity (Wildman–Crippen MR) is 83.0 cm³/mol. The molecule has 4 nitrogen and oxygen atoms in total. The topological polar surface area (TPSA) is 44.1 Å². The van der Waals surface area contributed by atoms with Gasteiger partial charge in [0.2, 0.25) is 0 Å². The van der Waals surface area contributed by atoms with Gasteiger partial charge in [-0.1, -0.05) is 18.2 Å². The Morgan fingerprint density at radius 2 is 2.00 bits per heavy atom. The van der Waals surface area contributed by atoms with Crippen molar-refractivity contribution in [2.45, 2.75) is 6.92 Å². The number of hydrogen-bond acceptors (Lipinski definition) is 4. The van der Waals surface area contributed by atoms with Gasteiger partial charge in [-0.05, 0) is 36.1 Å². The molecule has 3 rings (SSSR count). The van der Waals surface area contributed by atoms with E-state index >= 15 is 0 Å². The van der Waals surface area contributed by atoms with Gasteiger partial charge in [-0.15, -0.1) is 11.3 Å². The Bertz CT molecular complexity index is 758. The number of thiophene rings is 1. The van der Waals surface area contributed by atoms with E-state index in [1.165, 1.54) is 16.0 Å². The minimum Gasteiger partial charge on any atom is -0.497 e. The van der Waals surface area contributed by atoms with Crippen LogP contribution in [0.4, 0.5) is 0 Å². The van der Waals surface area contributed by atoms with Gasteiger partial charge >= 0.3 is 0 Å². The number of rotatable bonds is 3. The highest BCUT2D eigenvalue weighted by atomic mass is 32.1. The van der Waals surface area contributed by atoms with E-state index in [9.17, 15) is 4.79 Å². The summed E-state index contributed by atoms with van der Waals surface area (Å²) < 4.78 is 6.56. The summed E-state index contributed by atoms with van der Waals surface area (Å²) in [5.41, 5.74) is 2.78. The summed E-state index contributed by atoms with van der Waals surface area (Å²) in [6.45, 7) is 1.90. The monoisotopic (exact) mass is 298 g/mol. The molecule has 2 aromatic heterocycles. The fourth-order valence-corrected chi connectivity index (χ4v) is 2.79. The van der Waals surface area contributed by atoms with Gasteiger partial charge in [0.15, 0.2) is 0 Å². The van der Waals surface area contributed by atoms with Crippen LogP contribution in [0.15, 0.2) is 48.0 Å². The molecule has 106 valence electrons. The number of hydrogen-bond donors (Lipinski definition) is 0. The van der Waals surface area contributed by atoms with Crippen LogP contribution in [0.3, 0.4) is 0 Å². The molecule has 0 N–H and O–H groups in total. The molecular formula is C16H14N2O2S. The molecule has 0 saturated carbocycles. The van der Waals surface area contributed by atoms with Gasteiger partial charge in [0.1, 0.15) is 5.75 Å². The molecule has 21 heavy (non-hydrogen) atoms. The normalized spacial score (nSPS) is 10.6. The van der Waals surface area contributed by atoms with Crippen LogP contribution in [0.25, 0.3) is 11.1 Å². The molecule has 0 unspecified atom stereocenters. The van der Waals surface area contributed by atoms with Crippen LogP contribution in [-0.4, -0.2) is 22.8 Å². The first-order valence-electron chi connectivity index (χ1n) is 6.48. The number of carbonyl (C=O) groups is 1. The fraction of sp³-hybridized carbons (Fsp3) is 0.125. The molecule has 2 heterocycles. The van der Waals surface area contributed by atoms with Crippen molar-refractivity contribution in [3.05, 3.63) is 58.5 Å². The Morgan fingerprint density at radius 3 is 2.62 bits per heavy atom. The third-order valence-electron chi connectivity index (χ3n) is 3.24. The number of aromatic nitrogens is 2. The second kappa shape index (κ2) is 5.54. The van der Waals surface area contributed by atoms with Crippen molar-refractivity contribution in [2.75, 3.05) is 7.11 Å². The quantitative estimate of drug-likeness (QED) is 0.742. The molecule has 0 aliphatic heterocycles. The Morgan fingerprint density at radius 1 is 1.24 bits per heavy atom. The molecule has 0 saturated heterocycles. The summed E-state index contributed by atoms with van der Waals surface area (Å²) in [6.07, 6.45) is 1.78. The third kappa shape index (κ3) is 2.60. The number of nitrogens with zero attached hydrogens (tertiary/aromatic N) is 2. The lowest BCUT2D eigenvalue weighted by Crippen LogP contribution is -2.10. The fourth-order valence-electron chi connectivity index (χ4n) is 2.13. The smallest absolute Gasteiger partial charge is 0.288 e. The van der Waals surface area contributed by atoms with Crippen LogP contribution in [0.1, 0.15) is 15.4 Å². The molecule has 0 fully saturated rings. The number of ether oxygens (including phenoxy) is 1. The number of carbonyl (C=O) groups excluding carboxylic acids is 1. The number of benzene rings is 1. The van der Waals surface area contributed by atoms with E-state index < -0.39 is 0 Å². The molecule has 1 aromatic carbocycles. The molecule has 0 aliphatic rings. The van der Waals surface area contributed by atoms with Crippen LogP contribution in [0.5, 0.6) is 5.75 Å². The first kappa shape index (κ1) is 13.6. The highest BCUT2D eigenvalue weighted by Gasteiger charge is 2.14. The standard InChI is InChI=1S/C16H14N2O2S/c1-11-14(12-5-7-13(20-2)8-6-12)10-18(17-11)16(19)15-4-3-9-21-15/h3-10H,1-2H3. The van der Waals surface area contributed by atoms with Crippen LogP contribution in [-0.2, 0) is 0 Å². The lowest BCUT2D eigenvalue weighted by atomic mass is 10.1. The average Bonchev–Trinajstić information content (AvgIpc) is 3.16. The molecular weight excluding hydrogens is 284 g/mol. The van der Waals surface area contributed by atoms with Crippen molar-refractivity contribution in [1.82, 2.24) is 9.78 Å². The molecule has 0 aliphatic carbocycles. The van der Waals surface area contributed by atoms with Crippen molar-refractivity contribution < 1.29 is 9.53 Å². The van der Waals surface area contributed by atoms with E-state index in [2.05, 4.69) is 5.10 Å². The number of aryl methyl sites for hydroxylation is 1. The maximum atomic E-state index is 12.3. The highest BCUT2D eigenvalue weighted by molar-refractivity contribution is 7.12. The molecule has 0 atom stereocenters. The van der Waals surface area contributed by atoms with Crippen molar-refractivity contribution in [2.24, 2.45) is 0 Å². The zero-order valence-corrected chi connectivity index (χ0v) is 12.6. The van der Waals surface area contributed by atoms with Crippen LogP contribution >= 0.6 is 11.3 Å². The van der Waals surface area contributed by atoms with E-state index in [4.69, 9.17) is 4.74 Å². The average molecular weight is 298 g/mol. The maximum absolute atomic E-state index is 12.3. The molecule has 0 amide bonds. The zero-order valence-electron chi connectivity index (χ0n) is 11.7. The molecule has 3 aromatic rings. The van der Waals surface area contributed by atoms with Gasteiger partial charge in [-0.2, -0.15) is 5.10 Å². The maximum Gasteiger partial charge on any atom is 0.288 e. The minimum atomic E-state index is -0.104. The summed E-state index contributed by atoms with van der Waals surface area (Å²) in [7, 11) is 1.64.